The molecule has 0 bridgehead atoms. The molecule has 118 valence electrons. The van der Waals surface area contributed by atoms with Crippen LogP contribution >= 0.6 is 0 Å². The molecular formula is C17H22FN3O. The maximum atomic E-state index is 13.0. The molecule has 0 saturated carbocycles. The van der Waals surface area contributed by atoms with Gasteiger partial charge in [-0.2, -0.15) is 0 Å². The monoisotopic (exact) mass is 303 g/mol. The molecule has 2 heterocycles. The lowest BCUT2D eigenvalue weighted by atomic mass is 9.87. The van der Waals surface area contributed by atoms with Crippen LogP contribution in [0.25, 0.3) is 0 Å². The van der Waals surface area contributed by atoms with Crippen molar-refractivity contribution in [3.05, 3.63) is 53.9 Å². The number of nitrogens with one attached hydrogen (secondary N) is 1. The fraction of sp³-hybridized carbons (Fsp3) is 0.471. The zero-order valence-electron chi connectivity index (χ0n) is 12.8. The molecule has 1 fully saturated rings. The van der Waals surface area contributed by atoms with E-state index < -0.39 is 0 Å². The van der Waals surface area contributed by atoms with Gasteiger partial charge in [-0.05, 0) is 43.0 Å². The van der Waals surface area contributed by atoms with Crippen molar-refractivity contribution < 1.29 is 9.13 Å². The highest BCUT2D eigenvalue weighted by atomic mass is 19.1. The minimum atomic E-state index is -0.179. The summed E-state index contributed by atoms with van der Waals surface area (Å²) in [6.07, 6.45) is 5.82. The normalized spacial score (nSPS) is 22.8. The van der Waals surface area contributed by atoms with Gasteiger partial charge in [-0.1, -0.05) is 12.1 Å². The van der Waals surface area contributed by atoms with E-state index in [1.165, 1.54) is 17.7 Å². The lowest BCUT2D eigenvalue weighted by Gasteiger charge is -2.37. The van der Waals surface area contributed by atoms with Crippen LogP contribution in [0, 0.1) is 11.7 Å². The molecule has 3 rings (SSSR count). The van der Waals surface area contributed by atoms with Crippen LogP contribution < -0.4 is 0 Å². The lowest BCUT2D eigenvalue weighted by Crippen LogP contribution is -2.45. The van der Waals surface area contributed by atoms with Crippen LogP contribution in [0.5, 0.6) is 0 Å². The fourth-order valence-electron chi connectivity index (χ4n) is 3.21. The highest BCUT2D eigenvalue weighted by Gasteiger charge is 2.29. The Labute approximate surface area is 130 Å². The fourth-order valence-corrected chi connectivity index (χ4v) is 3.21. The van der Waals surface area contributed by atoms with Crippen LogP contribution in [0.3, 0.4) is 0 Å². The standard InChI is InChI=1S/C17H22FN3O/c1-22-17-11-21(10-16-9-19-12-20-16)7-6-14(17)8-13-2-4-15(18)5-3-13/h2-5,9,12,14,17H,6-8,10-11H2,1H3,(H,19,20)/t14-,17-/m1/s1. The first kappa shape index (κ1) is 15.2. The number of likely N-dealkylation sites (tertiary alicyclic amines) is 1. The summed E-state index contributed by atoms with van der Waals surface area (Å²) in [6.45, 7) is 2.84. The number of aromatic nitrogens is 2. The zero-order chi connectivity index (χ0) is 15.4. The molecule has 1 aliphatic heterocycles. The highest BCUT2D eigenvalue weighted by Crippen LogP contribution is 2.25. The molecule has 2 atom stereocenters. The van der Waals surface area contributed by atoms with Gasteiger partial charge in [0.25, 0.3) is 0 Å². The Balaban J connectivity index is 1.59. The molecule has 1 aromatic carbocycles. The number of ether oxygens (including phenoxy) is 1. The van der Waals surface area contributed by atoms with Crippen molar-refractivity contribution >= 4 is 0 Å². The van der Waals surface area contributed by atoms with Crippen LogP contribution in [-0.2, 0) is 17.7 Å². The molecule has 2 aromatic rings. The van der Waals surface area contributed by atoms with Gasteiger partial charge >= 0.3 is 0 Å². The Bertz CT molecular complexity index is 570. The van der Waals surface area contributed by atoms with E-state index >= 15 is 0 Å². The summed E-state index contributed by atoms with van der Waals surface area (Å²) in [5, 5.41) is 0. The largest absolute Gasteiger partial charge is 0.380 e. The van der Waals surface area contributed by atoms with Gasteiger partial charge in [0.2, 0.25) is 0 Å². The predicted octanol–water partition coefficient (Wildman–Crippen LogP) is 2.63. The minimum absolute atomic E-state index is 0.179. The maximum absolute atomic E-state index is 13.0. The smallest absolute Gasteiger partial charge is 0.123 e. The van der Waals surface area contributed by atoms with Gasteiger partial charge in [-0.3, -0.25) is 4.90 Å². The summed E-state index contributed by atoms with van der Waals surface area (Å²) in [6, 6.07) is 6.81. The van der Waals surface area contributed by atoms with Crippen LogP contribution in [-0.4, -0.2) is 41.2 Å². The molecule has 0 radical (unpaired) electrons. The van der Waals surface area contributed by atoms with Crippen molar-refractivity contribution in [2.24, 2.45) is 5.92 Å². The molecule has 4 nitrogen and oxygen atoms in total. The number of aromatic amines is 1. The highest BCUT2D eigenvalue weighted by molar-refractivity contribution is 5.17. The second-order valence-electron chi connectivity index (χ2n) is 5.97. The molecule has 1 aromatic heterocycles. The summed E-state index contributed by atoms with van der Waals surface area (Å²) in [5.41, 5.74) is 2.31. The predicted molar refractivity (Wildman–Crippen MR) is 82.9 cm³/mol. The van der Waals surface area contributed by atoms with Gasteiger partial charge in [0.15, 0.2) is 0 Å². The average molecular weight is 303 g/mol. The quantitative estimate of drug-likeness (QED) is 0.923. The average Bonchev–Trinajstić information content (AvgIpc) is 3.04. The first-order valence-electron chi connectivity index (χ1n) is 7.71. The Hall–Kier alpha value is -1.72. The van der Waals surface area contributed by atoms with Gasteiger partial charge in [0, 0.05) is 32.1 Å². The summed E-state index contributed by atoms with van der Waals surface area (Å²) in [7, 11) is 1.78. The van der Waals surface area contributed by atoms with E-state index in [0.717, 1.165) is 38.2 Å². The Morgan fingerprint density at radius 1 is 1.36 bits per heavy atom. The number of halogens is 1. The summed E-state index contributed by atoms with van der Waals surface area (Å²) >= 11 is 0. The first-order chi connectivity index (χ1) is 10.7. The molecule has 0 amide bonds. The van der Waals surface area contributed by atoms with Gasteiger partial charge in [-0.25, -0.2) is 9.37 Å². The van der Waals surface area contributed by atoms with Crippen molar-refractivity contribution in [2.75, 3.05) is 20.2 Å². The van der Waals surface area contributed by atoms with Gasteiger partial charge in [0.05, 0.1) is 12.4 Å². The SMILES string of the molecule is CO[C@@H]1CN(Cc2cnc[nH]2)CC[C@@H]1Cc1ccc(F)cc1. The second kappa shape index (κ2) is 7.03. The Morgan fingerprint density at radius 3 is 2.86 bits per heavy atom. The first-order valence-corrected chi connectivity index (χ1v) is 7.71. The molecule has 0 aliphatic carbocycles. The number of methoxy groups -OCH3 is 1. The topological polar surface area (TPSA) is 41.1 Å². The molecule has 1 aliphatic rings. The van der Waals surface area contributed by atoms with E-state index in [0.29, 0.717) is 5.92 Å². The van der Waals surface area contributed by atoms with Crippen molar-refractivity contribution in [3.8, 4) is 0 Å². The number of nitrogens with zero attached hydrogens (tertiary/aromatic N) is 2. The van der Waals surface area contributed by atoms with Crippen LogP contribution in [0.4, 0.5) is 4.39 Å². The van der Waals surface area contributed by atoms with E-state index in [2.05, 4.69) is 14.9 Å². The minimum Gasteiger partial charge on any atom is -0.380 e. The zero-order valence-corrected chi connectivity index (χ0v) is 12.8. The number of hydrogen-bond acceptors (Lipinski definition) is 3. The summed E-state index contributed by atoms with van der Waals surface area (Å²) < 4.78 is 18.7. The number of imidazole rings is 1. The van der Waals surface area contributed by atoms with Gasteiger partial charge in [0.1, 0.15) is 5.82 Å². The number of hydrogen-bond donors (Lipinski definition) is 1. The number of piperidine rings is 1. The van der Waals surface area contributed by atoms with E-state index in [9.17, 15) is 4.39 Å². The molecule has 0 spiro atoms. The van der Waals surface area contributed by atoms with Crippen molar-refractivity contribution in [3.63, 3.8) is 0 Å². The van der Waals surface area contributed by atoms with Crippen LogP contribution in [0.1, 0.15) is 17.7 Å². The third kappa shape index (κ3) is 3.72. The summed E-state index contributed by atoms with van der Waals surface area (Å²) in [5.74, 6) is 0.301. The van der Waals surface area contributed by atoms with Crippen LogP contribution in [0.15, 0.2) is 36.8 Å². The molecule has 22 heavy (non-hydrogen) atoms. The Morgan fingerprint density at radius 2 is 2.18 bits per heavy atom. The number of benzene rings is 1. The third-order valence-corrected chi connectivity index (χ3v) is 4.44. The molecular weight excluding hydrogens is 281 g/mol. The van der Waals surface area contributed by atoms with E-state index in [4.69, 9.17) is 4.74 Å². The van der Waals surface area contributed by atoms with E-state index in [-0.39, 0.29) is 11.9 Å². The van der Waals surface area contributed by atoms with E-state index in [1.54, 1.807) is 13.4 Å². The molecule has 1 saturated heterocycles. The lowest BCUT2D eigenvalue weighted by molar-refractivity contribution is -0.0139. The second-order valence-corrected chi connectivity index (χ2v) is 5.97. The van der Waals surface area contributed by atoms with Gasteiger partial charge in [-0.15, -0.1) is 0 Å². The molecule has 5 heteroatoms. The number of H-pyrrole nitrogens is 1. The molecule has 1 N–H and O–H groups in total. The van der Waals surface area contributed by atoms with Crippen molar-refractivity contribution in [2.45, 2.75) is 25.5 Å². The van der Waals surface area contributed by atoms with E-state index in [1.807, 2.05) is 18.3 Å². The molecule has 0 unspecified atom stereocenters. The summed E-state index contributed by atoms with van der Waals surface area (Å²) in [4.78, 5) is 9.60. The Kier molecular flexibility index (Phi) is 4.85. The third-order valence-electron chi connectivity index (χ3n) is 4.44. The van der Waals surface area contributed by atoms with Gasteiger partial charge < -0.3 is 9.72 Å². The van der Waals surface area contributed by atoms with Crippen molar-refractivity contribution in [1.29, 1.82) is 0 Å². The van der Waals surface area contributed by atoms with Crippen LogP contribution in [0.2, 0.25) is 0 Å². The number of rotatable bonds is 5. The van der Waals surface area contributed by atoms with Crippen molar-refractivity contribution in [1.82, 2.24) is 14.9 Å². The maximum Gasteiger partial charge on any atom is 0.123 e.